The molecule has 2 aliphatic heterocycles. The van der Waals surface area contributed by atoms with Crippen molar-refractivity contribution in [2.45, 2.75) is 24.4 Å². The van der Waals surface area contributed by atoms with Crippen LogP contribution in [0.2, 0.25) is 0 Å². The molecule has 0 radical (unpaired) electrons. The van der Waals surface area contributed by atoms with Gasteiger partial charge in [0.05, 0.1) is 9.73 Å². The van der Waals surface area contributed by atoms with Gasteiger partial charge >= 0.3 is 12.1 Å². The van der Waals surface area contributed by atoms with E-state index >= 15 is 0 Å². The highest BCUT2D eigenvalue weighted by Crippen LogP contribution is 2.45. The summed E-state index contributed by atoms with van der Waals surface area (Å²) in [5.41, 5.74) is 6.85. The maximum atomic E-state index is 12.5. The van der Waals surface area contributed by atoms with Crippen molar-refractivity contribution in [3.63, 3.8) is 0 Å². The van der Waals surface area contributed by atoms with E-state index < -0.39 is 33.1 Å². The Bertz CT molecular complexity index is 859. The molecule has 1 fully saturated rings. The van der Waals surface area contributed by atoms with Crippen LogP contribution in [0.1, 0.15) is 28.8 Å². The number of nitrogens with one attached hydrogen (secondary N) is 1. The van der Waals surface area contributed by atoms with Gasteiger partial charge < -0.3 is 11.1 Å². The highest BCUT2D eigenvalue weighted by atomic mass is 32.2. The molecule has 1 aromatic carbocycles. The van der Waals surface area contributed by atoms with Crippen molar-refractivity contribution >= 4 is 27.2 Å². The summed E-state index contributed by atoms with van der Waals surface area (Å²) in [7, 11) is -3.23. The van der Waals surface area contributed by atoms with E-state index in [0.29, 0.717) is 24.9 Å². The lowest BCUT2D eigenvalue weighted by Gasteiger charge is -2.34. The minimum Gasteiger partial charge on any atom is -0.384 e. The fourth-order valence-electron chi connectivity index (χ4n) is 3.33. The number of hydrogen-bond donors (Lipinski definition) is 2. The highest BCUT2D eigenvalue weighted by Gasteiger charge is 2.45. The molecule has 2 aliphatic rings. The van der Waals surface area contributed by atoms with Gasteiger partial charge in [-0.3, -0.25) is 9.59 Å². The summed E-state index contributed by atoms with van der Waals surface area (Å²) >= 11 is 0. The van der Waals surface area contributed by atoms with Crippen molar-refractivity contribution in [3.8, 4) is 0 Å². The van der Waals surface area contributed by atoms with E-state index in [4.69, 9.17) is 5.73 Å². The Morgan fingerprint density at radius 2 is 1.88 bits per heavy atom. The molecule has 1 spiro atoms. The predicted octanol–water partition coefficient (Wildman–Crippen LogP) is 1.80. The monoisotopic (exact) mass is 375 g/mol. The zero-order valence-electron chi connectivity index (χ0n) is 13.1. The summed E-state index contributed by atoms with van der Waals surface area (Å²) < 4.78 is 52.6. The first-order valence-electron chi connectivity index (χ1n) is 7.57. The number of nitrogens with two attached hydrogens (primary N) is 1. The second-order valence-corrected chi connectivity index (χ2v) is 8.88. The molecule has 0 atom stereocenters. The number of amides is 2. The van der Waals surface area contributed by atoms with Crippen LogP contribution in [-0.2, 0) is 19.9 Å². The molecule has 2 amide bonds. The first-order valence-corrected chi connectivity index (χ1v) is 9.42. The quantitative estimate of drug-likeness (QED) is 0.781. The van der Waals surface area contributed by atoms with Crippen molar-refractivity contribution in [2.75, 3.05) is 23.4 Å². The summed E-state index contributed by atoms with van der Waals surface area (Å²) in [4.78, 5) is 22.4. The van der Waals surface area contributed by atoms with Gasteiger partial charge in [-0.05, 0) is 36.6 Å². The highest BCUT2D eigenvalue weighted by molar-refractivity contribution is 7.93. The van der Waals surface area contributed by atoms with Gasteiger partial charge in [0.1, 0.15) is 0 Å². The molecule has 0 aromatic heterocycles. The number of primary amides is 1. The molecule has 10 heteroatoms. The molecule has 0 aliphatic carbocycles. The Morgan fingerprint density at radius 3 is 2.44 bits per heavy atom. The average Bonchev–Trinajstić information content (AvgIpc) is 2.88. The fraction of sp³-hybridized carbons (Fsp3) is 0.467. The molecule has 136 valence electrons. The van der Waals surface area contributed by atoms with E-state index in [9.17, 15) is 27.0 Å². The number of carbonyl (C=O) groups is 2. The van der Waals surface area contributed by atoms with Gasteiger partial charge in [-0.2, -0.15) is 17.5 Å². The number of nitrogens with zero attached hydrogens (tertiary/aromatic N) is 1. The lowest BCUT2D eigenvalue weighted by Crippen LogP contribution is -2.39. The lowest BCUT2D eigenvalue weighted by atomic mass is 9.77. The number of halogens is 3. The molecule has 25 heavy (non-hydrogen) atoms. The fourth-order valence-corrected chi connectivity index (χ4v) is 5.54. The zero-order chi connectivity index (χ0) is 18.5. The van der Waals surface area contributed by atoms with E-state index in [-0.39, 0.29) is 11.5 Å². The normalized spacial score (nSPS) is 28.3. The van der Waals surface area contributed by atoms with Gasteiger partial charge in [0.2, 0.25) is 5.91 Å². The smallest absolute Gasteiger partial charge is 0.384 e. The summed E-state index contributed by atoms with van der Waals surface area (Å²) in [6.45, 7) is 0.521. The number of benzene rings is 1. The third-order valence-corrected chi connectivity index (χ3v) is 6.97. The summed E-state index contributed by atoms with van der Waals surface area (Å²) in [5, 5.41) is 3.20. The maximum Gasteiger partial charge on any atom is 0.474 e. The van der Waals surface area contributed by atoms with E-state index in [2.05, 4.69) is 9.68 Å². The molecule has 1 saturated heterocycles. The molecule has 2 heterocycles. The SMILES string of the molecule is NC(=O)c1ccc2c(c1)C1(CCS(=O)(=NC(=O)C(F)(F)F)CC1)CN2. The van der Waals surface area contributed by atoms with Crippen LogP contribution >= 0.6 is 0 Å². The standard InChI is InChI=1S/C15H16F3N3O3S/c16-15(17,18)13(23)21-25(24)5-3-14(4-6-25)8-20-11-2-1-9(12(19)22)7-10(11)14/h1-2,7,20H,3-6,8H2,(H2,19,22). The minimum atomic E-state index is -5.11. The average molecular weight is 375 g/mol. The second-order valence-electron chi connectivity index (χ2n) is 6.33. The Morgan fingerprint density at radius 1 is 1.24 bits per heavy atom. The van der Waals surface area contributed by atoms with Crippen molar-refractivity contribution in [2.24, 2.45) is 10.1 Å². The summed E-state index contributed by atoms with van der Waals surface area (Å²) in [5.74, 6) is -3.07. The molecule has 0 saturated carbocycles. The van der Waals surface area contributed by atoms with Gasteiger partial charge in [0.25, 0.3) is 0 Å². The van der Waals surface area contributed by atoms with Crippen molar-refractivity contribution < 1.29 is 27.0 Å². The van der Waals surface area contributed by atoms with Gasteiger partial charge in [-0.25, -0.2) is 4.21 Å². The number of fused-ring (bicyclic) bond motifs is 2. The van der Waals surface area contributed by atoms with E-state index in [1.807, 2.05) is 0 Å². The van der Waals surface area contributed by atoms with Gasteiger partial charge in [0.15, 0.2) is 0 Å². The Labute approximate surface area is 142 Å². The Hall–Kier alpha value is -2.10. The molecular formula is C15H16F3N3O3S. The van der Waals surface area contributed by atoms with Crippen LogP contribution in [0, 0.1) is 0 Å². The lowest BCUT2D eigenvalue weighted by molar-refractivity contribution is -0.169. The van der Waals surface area contributed by atoms with Crippen LogP contribution in [0.4, 0.5) is 18.9 Å². The number of rotatable bonds is 1. The van der Waals surface area contributed by atoms with Crippen LogP contribution in [0.5, 0.6) is 0 Å². The van der Waals surface area contributed by atoms with E-state index in [0.717, 1.165) is 11.3 Å². The van der Waals surface area contributed by atoms with Crippen LogP contribution in [0.25, 0.3) is 0 Å². The molecule has 0 bridgehead atoms. The molecule has 0 unspecified atom stereocenters. The van der Waals surface area contributed by atoms with Crippen LogP contribution in [0.3, 0.4) is 0 Å². The van der Waals surface area contributed by atoms with Gasteiger partial charge in [-0.15, -0.1) is 0 Å². The Kier molecular flexibility index (Phi) is 4.05. The summed E-state index contributed by atoms with van der Waals surface area (Å²) in [6, 6.07) is 4.99. The minimum absolute atomic E-state index is 0.100. The molecule has 3 N–H and O–H groups in total. The van der Waals surface area contributed by atoms with Crippen molar-refractivity contribution in [1.29, 1.82) is 0 Å². The van der Waals surface area contributed by atoms with Crippen molar-refractivity contribution in [3.05, 3.63) is 29.3 Å². The zero-order valence-corrected chi connectivity index (χ0v) is 13.9. The first-order chi connectivity index (χ1) is 11.5. The van der Waals surface area contributed by atoms with Crippen LogP contribution in [-0.4, -0.2) is 40.3 Å². The number of hydrogen-bond acceptors (Lipinski definition) is 4. The van der Waals surface area contributed by atoms with Crippen molar-refractivity contribution in [1.82, 2.24) is 0 Å². The second kappa shape index (κ2) is 5.72. The van der Waals surface area contributed by atoms with Crippen LogP contribution in [0.15, 0.2) is 22.6 Å². The number of alkyl halides is 3. The largest absolute Gasteiger partial charge is 0.474 e. The third kappa shape index (κ3) is 3.22. The summed E-state index contributed by atoms with van der Waals surface area (Å²) in [6.07, 6.45) is -4.50. The van der Waals surface area contributed by atoms with E-state index in [1.54, 1.807) is 18.2 Å². The molecule has 1 aromatic rings. The maximum absolute atomic E-state index is 12.5. The van der Waals surface area contributed by atoms with Gasteiger partial charge in [0, 0.05) is 34.7 Å². The first kappa shape index (κ1) is 17.7. The Balaban J connectivity index is 1.88. The third-order valence-electron chi connectivity index (χ3n) is 4.78. The number of anilines is 1. The number of carbonyl (C=O) groups excluding carboxylic acids is 2. The van der Waals surface area contributed by atoms with E-state index in [1.165, 1.54) is 0 Å². The molecular weight excluding hydrogens is 359 g/mol. The molecule has 3 rings (SSSR count). The predicted molar refractivity (Wildman–Crippen MR) is 85.7 cm³/mol. The van der Waals surface area contributed by atoms with Crippen LogP contribution < -0.4 is 11.1 Å². The van der Waals surface area contributed by atoms with Gasteiger partial charge in [-0.1, -0.05) is 0 Å². The molecule has 6 nitrogen and oxygen atoms in total. The topological polar surface area (TPSA) is 102 Å².